The van der Waals surface area contributed by atoms with E-state index in [0.717, 1.165) is 62.9 Å². The molecule has 3 saturated heterocycles. The van der Waals surface area contributed by atoms with Gasteiger partial charge in [-0.25, -0.2) is 9.97 Å². The van der Waals surface area contributed by atoms with Crippen LogP contribution in [0.5, 0.6) is 0 Å². The quantitative estimate of drug-likeness (QED) is 0.791. The van der Waals surface area contributed by atoms with Gasteiger partial charge in [0.15, 0.2) is 0 Å². The maximum atomic E-state index is 13.1. The number of ether oxygens (including phenoxy) is 1. The van der Waals surface area contributed by atoms with E-state index in [1.54, 1.807) is 0 Å². The normalized spacial score (nSPS) is 24.7. The minimum Gasteiger partial charge on any atom is -0.374 e. The maximum absolute atomic E-state index is 13.1. The lowest BCUT2D eigenvalue weighted by atomic mass is 9.93. The van der Waals surface area contributed by atoms with Crippen molar-refractivity contribution < 1.29 is 17.9 Å². The second-order valence-electron chi connectivity index (χ2n) is 8.61. The first-order valence-electron chi connectivity index (χ1n) is 10.6. The fraction of sp³-hybridized carbons (Fsp3) is 0.571. The molecule has 5 rings (SSSR count). The Morgan fingerprint density at radius 3 is 2.61 bits per heavy atom. The van der Waals surface area contributed by atoms with Crippen LogP contribution in [0.4, 0.5) is 30.8 Å². The predicted molar refractivity (Wildman–Crippen MR) is 110 cm³/mol. The van der Waals surface area contributed by atoms with Crippen molar-refractivity contribution in [3.05, 3.63) is 35.7 Å². The highest BCUT2D eigenvalue weighted by atomic mass is 19.4. The Labute approximate surface area is 178 Å². The van der Waals surface area contributed by atoms with E-state index in [1.165, 1.54) is 0 Å². The number of halogens is 3. The summed E-state index contributed by atoms with van der Waals surface area (Å²) in [6.07, 6.45) is -0.138. The van der Waals surface area contributed by atoms with Crippen LogP contribution in [0, 0.1) is 0 Å². The molecule has 0 amide bonds. The molecule has 5 heterocycles. The summed E-state index contributed by atoms with van der Waals surface area (Å²) in [7, 11) is 2.11. The molecular weight excluding hydrogens is 409 g/mol. The largest absolute Gasteiger partial charge is 0.416 e. The summed E-state index contributed by atoms with van der Waals surface area (Å²) in [4.78, 5) is 18.0. The molecule has 2 aromatic heterocycles. The number of fused-ring (bicyclic) bond motifs is 2. The van der Waals surface area contributed by atoms with Gasteiger partial charge in [-0.15, -0.1) is 0 Å². The molecule has 2 aromatic rings. The molecule has 0 spiro atoms. The van der Waals surface area contributed by atoms with Crippen LogP contribution in [-0.2, 0) is 10.9 Å². The maximum Gasteiger partial charge on any atom is 0.416 e. The van der Waals surface area contributed by atoms with Gasteiger partial charge >= 0.3 is 6.18 Å². The number of piperidine rings is 1. The van der Waals surface area contributed by atoms with Crippen LogP contribution in [0.25, 0.3) is 0 Å². The fourth-order valence-corrected chi connectivity index (χ4v) is 4.61. The van der Waals surface area contributed by atoms with E-state index in [4.69, 9.17) is 9.72 Å². The third-order valence-electron chi connectivity index (χ3n) is 6.37. The second-order valence-corrected chi connectivity index (χ2v) is 8.61. The highest BCUT2D eigenvalue weighted by Crippen LogP contribution is 2.35. The van der Waals surface area contributed by atoms with E-state index >= 15 is 0 Å². The fourth-order valence-electron chi connectivity index (χ4n) is 4.61. The van der Waals surface area contributed by atoms with E-state index in [9.17, 15) is 13.2 Å². The lowest BCUT2D eigenvalue weighted by molar-refractivity contribution is -0.137. The van der Waals surface area contributed by atoms with E-state index in [1.807, 2.05) is 6.07 Å². The second kappa shape index (κ2) is 7.90. The molecule has 0 aromatic carbocycles. The minimum absolute atomic E-state index is 0.111. The summed E-state index contributed by atoms with van der Waals surface area (Å²) in [5, 5.41) is 2.98. The zero-order valence-corrected chi connectivity index (χ0v) is 17.3. The number of pyridine rings is 1. The molecule has 0 aliphatic carbocycles. The molecular formula is C21H25F3N6O. The number of rotatable bonds is 4. The molecule has 0 radical (unpaired) electrons. The molecule has 1 N–H and O–H groups in total. The highest BCUT2D eigenvalue weighted by Gasteiger charge is 2.40. The van der Waals surface area contributed by atoms with Gasteiger partial charge in [0.1, 0.15) is 11.6 Å². The summed E-state index contributed by atoms with van der Waals surface area (Å²) in [5.74, 6) is 1.49. The average Bonchev–Trinajstić information content (AvgIpc) is 3.37. The van der Waals surface area contributed by atoms with Crippen molar-refractivity contribution in [2.24, 2.45) is 0 Å². The van der Waals surface area contributed by atoms with E-state index in [0.29, 0.717) is 24.3 Å². The Hall–Kier alpha value is -2.46. The third-order valence-corrected chi connectivity index (χ3v) is 6.37. The molecule has 31 heavy (non-hydrogen) atoms. The van der Waals surface area contributed by atoms with Crippen LogP contribution in [-0.4, -0.2) is 65.3 Å². The van der Waals surface area contributed by atoms with Crippen LogP contribution >= 0.6 is 0 Å². The Kier molecular flexibility index (Phi) is 5.21. The van der Waals surface area contributed by atoms with Crippen molar-refractivity contribution in [1.82, 2.24) is 19.9 Å². The van der Waals surface area contributed by atoms with Gasteiger partial charge in [0.25, 0.3) is 0 Å². The van der Waals surface area contributed by atoms with Crippen molar-refractivity contribution >= 4 is 17.6 Å². The number of nitrogens with zero attached hydrogens (tertiary/aromatic N) is 5. The molecule has 3 aliphatic rings. The van der Waals surface area contributed by atoms with E-state index < -0.39 is 11.7 Å². The SMILES string of the molecule is CN1CCC(c2cc(Nc3cc(C(F)(F)F)ccn3)nc(N3CC4CC3CO4)n2)CC1. The first kappa shape index (κ1) is 20.4. The first-order valence-corrected chi connectivity index (χ1v) is 10.6. The summed E-state index contributed by atoms with van der Waals surface area (Å²) >= 11 is 0. The lowest BCUT2D eigenvalue weighted by Gasteiger charge is -2.31. The summed E-state index contributed by atoms with van der Waals surface area (Å²) < 4.78 is 45.0. The number of likely N-dealkylation sites (tertiary alicyclic amines) is 1. The van der Waals surface area contributed by atoms with Crippen molar-refractivity contribution in [2.75, 3.05) is 43.5 Å². The molecule has 2 bridgehead atoms. The zero-order valence-electron chi connectivity index (χ0n) is 17.3. The minimum atomic E-state index is -4.43. The van der Waals surface area contributed by atoms with Crippen molar-refractivity contribution in [1.29, 1.82) is 0 Å². The van der Waals surface area contributed by atoms with Crippen molar-refractivity contribution in [3.63, 3.8) is 0 Å². The molecule has 2 atom stereocenters. The van der Waals surface area contributed by atoms with E-state index in [2.05, 4.69) is 32.1 Å². The van der Waals surface area contributed by atoms with Gasteiger partial charge in [-0.1, -0.05) is 0 Å². The van der Waals surface area contributed by atoms with Gasteiger partial charge in [0, 0.05) is 24.7 Å². The molecule has 0 saturated carbocycles. The number of hydrogen-bond donors (Lipinski definition) is 1. The molecule has 2 unspecified atom stereocenters. The number of hydrogen-bond acceptors (Lipinski definition) is 7. The number of morpholine rings is 1. The van der Waals surface area contributed by atoms with Crippen LogP contribution in [0.3, 0.4) is 0 Å². The van der Waals surface area contributed by atoms with Gasteiger partial charge in [0.05, 0.1) is 30.0 Å². The van der Waals surface area contributed by atoms with Crippen molar-refractivity contribution in [2.45, 2.75) is 43.5 Å². The Morgan fingerprint density at radius 2 is 1.94 bits per heavy atom. The van der Waals surface area contributed by atoms with Crippen LogP contribution in [0.15, 0.2) is 24.4 Å². The number of anilines is 3. The van der Waals surface area contributed by atoms with Crippen molar-refractivity contribution in [3.8, 4) is 0 Å². The lowest BCUT2D eigenvalue weighted by Crippen LogP contribution is -2.38. The highest BCUT2D eigenvalue weighted by molar-refractivity contribution is 5.56. The standard InChI is InChI=1S/C21H25F3N6O/c1-29-6-3-13(4-7-29)17-10-19(27-18-8-14(2-5-25-18)21(22,23)24)28-20(26-17)30-11-16-9-15(30)12-31-16/h2,5,8,10,13,15-16H,3-4,6-7,9,11-12H2,1H3,(H,25,26,27,28). The Balaban J connectivity index is 1.46. The van der Waals surface area contributed by atoms with Gasteiger partial charge < -0.3 is 19.9 Å². The molecule has 10 heteroatoms. The summed E-state index contributed by atoms with van der Waals surface area (Å²) in [6, 6.07) is 4.06. The van der Waals surface area contributed by atoms with Gasteiger partial charge in [0.2, 0.25) is 5.95 Å². The summed E-state index contributed by atoms with van der Waals surface area (Å²) in [5.41, 5.74) is 0.181. The smallest absolute Gasteiger partial charge is 0.374 e. The Morgan fingerprint density at radius 1 is 1.13 bits per heavy atom. The molecule has 166 valence electrons. The topological polar surface area (TPSA) is 66.4 Å². The van der Waals surface area contributed by atoms with Gasteiger partial charge in [-0.3, -0.25) is 0 Å². The third kappa shape index (κ3) is 4.31. The van der Waals surface area contributed by atoms with Gasteiger partial charge in [-0.05, 0) is 51.5 Å². The predicted octanol–water partition coefficient (Wildman–Crippen LogP) is 3.42. The molecule has 3 fully saturated rings. The first-order chi connectivity index (χ1) is 14.8. The van der Waals surface area contributed by atoms with Crippen LogP contribution < -0.4 is 10.2 Å². The molecule has 7 nitrogen and oxygen atoms in total. The Bertz CT molecular complexity index is 947. The summed E-state index contributed by atoms with van der Waals surface area (Å²) in [6.45, 7) is 3.38. The number of aromatic nitrogens is 3. The monoisotopic (exact) mass is 434 g/mol. The van der Waals surface area contributed by atoms with Gasteiger partial charge in [-0.2, -0.15) is 18.2 Å². The zero-order chi connectivity index (χ0) is 21.6. The van der Waals surface area contributed by atoms with E-state index in [-0.39, 0.29) is 18.0 Å². The molecule has 3 aliphatic heterocycles. The van der Waals surface area contributed by atoms with Crippen LogP contribution in [0.1, 0.15) is 36.4 Å². The van der Waals surface area contributed by atoms with Crippen LogP contribution in [0.2, 0.25) is 0 Å². The average molecular weight is 434 g/mol. The number of alkyl halides is 3. The number of nitrogens with one attached hydrogen (secondary N) is 1.